The van der Waals surface area contributed by atoms with E-state index in [2.05, 4.69) is 12.7 Å². The SMILES string of the molecule is C=C1/C=C\C=C/CCc2sc(-c3cccc(C(=O)O)c3)nc21. The third-order valence-electron chi connectivity index (χ3n) is 3.44. The highest BCUT2D eigenvalue weighted by Gasteiger charge is 2.15. The van der Waals surface area contributed by atoms with Crippen LogP contribution in [0.15, 0.2) is 55.1 Å². The molecule has 1 aromatic carbocycles. The molecule has 0 amide bonds. The molecule has 2 aromatic rings. The van der Waals surface area contributed by atoms with Crippen LogP contribution in [0.3, 0.4) is 0 Å². The van der Waals surface area contributed by atoms with Gasteiger partial charge in [-0.1, -0.05) is 43.0 Å². The normalized spacial score (nSPS) is 17.0. The molecular weight excluding hydrogens is 294 g/mol. The largest absolute Gasteiger partial charge is 0.478 e. The maximum atomic E-state index is 11.1. The lowest BCUT2D eigenvalue weighted by Gasteiger charge is -1.99. The summed E-state index contributed by atoms with van der Waals surface area (Å²) in [5.74, 6) is -0.925. The Kier molecular flexibility index (Phi) is 4.02. The molecule has 0 radical (unpaired) electrons. The molecule has 0 unspecified atom stereocenters. The highest BCUT2D eigenvalue weighted by molar-refractivity contribution is 7.15. The summed E-state index contributed by atoms with van der Waals surface area (Å²) in [7, 11) is 0. The molecule has 3 nitrogen and oxygen atoms in total. The van der Waals surface area contributed by atoms with E-state index in [1.54, 1.807) is 29.5 Å². The van der Waals surface area contributed by atoms with Crippen LogP contribution >= 0.6 is 11.3 Å². The molecule has 1 N–H and O–H groups in total. The number of carbonyl (C=O) groups is 1. The van der Waals surface area contributed by atoms with Gasteiger partial charge in [0.2, 0.25) is 0 Å². The molecule has 0 saturated heterocycles. The van der Waals surface area contributed by atoms with Crippen molar-refractivity contribution in [2.24, 2.45) is 0 Å². The number of hydrogen-bond acceptors (Lipinski definition) is 3. The number of nitrogens with zero attached hydrogens (tertiary/aromatic N) is 1. The average molecular weight is 309 g/mol. The molecule has 110 valence electrons. The summed E-state index contributed by atoms with van der Waals surface area (Å²) in [5.41, 5.74) is 2.92. The predicted octanol–water partition coefficient (Wildman–Crippen LogP) is 4.58. The van der Waals surface area contributed by atoms with Crippen LogP contribution in [0.25, 0.3) is 16.1 Å². The van der Waals surface area contributed by atoms with Gasteiger partial charge in [-0.15, -0.1) is 11.3 Å². The first-order valence-electron chi connectivity index (χ1n) is 7.01. The summed E-state index contributed by atoms with van der Waals surface area (Å²) in [4.78, 5) is 17.0. The molecule has 0 bridgehead atoms. The van der Waals surface area contributed by atoms with E-state index < -0.39 is 5.97 Å². The van der Waals surface area contributed by atoms with Gasteiger partial charge in [-0.25, -0.2) is 9.78 Å². The van der Waals surface area contributed by atoms with Gasteiger partial charge < -0.3 is 5.11 Å². The van der Waals surface area contributed by atoms with Crippen LogP contribution in [0, 0.1) is 0 Å². The first-order chi connectivity index (χ1) is 10.6. The van der Waals surface area contributed by atoms with Gasteiger partial charge in [0.05, 0.1) is 11.3 Å². The number of aryl methyl sites for hydroxylation is 1. The van der Waals surface area contributed by atoms with Gasteiger partial charge >= 0.3 is 5.97 Å². The minimum atomic E-state index is -0.925. The van der Waals surface area contributed by atoms with Crippen LogP contribution in [-0.2, 0) is 6.42 Å². The molecule has 0 spiro atoms. The van der Waals surface area contributed by atoms with Crippen molar-refractivity contribution < 1.29 is 9.90 Å². The molecule has 1 aliphatic carbocycles. The number of fused-ring (bicyclic) bond motifs is 1. The second-order valence-electron chi connectivity index (χ2n) is 5.03. The maximum Gasteiger partial charge on any atom is 0.335 e. The molecule has 1 heterocycles. The van der Waals surface area contributed by atoms with Crippen LogP contribution in [0.2, 0.25) is 0 Å². The van der Waals surface area contributed by atoms with Crippen molar-refractivity contribution in [1.29, 1.82) is 0 Å². The minimum absolute atomic E-state index is 0.276. The fourth-order valence-electron chi connectivity index (χ4n) is 2.32. The van der Waals surface area contributed by atoms with Crippen molar-refractivity contribution in [3.8, 4) is 10.6 Å². The Bertz CT molecular complexity index is 799. The highest BCUT2D eigenvalue weighted by atomic mass is 32.1. The fraction of sp³-hybridized carbons (Fsp3) is 0.111. The van der Waals surface area contributed by atoms with Gasteiger partial charge in [-0.3, -0.25) is 0 Å². The van der Waals surface area contributed by atoms with E-state index in [1.165, 1.54) is 4.88 Å². The van der Waals surface area contributed by atoms with Crippen molar-refractivity contribution in [3.63, 3.8) is 0 Å². The molecular formula is C18H15NO2S. The third kappa shape index (κ3) is 2.92. The number of benzene rings is 1. The van der Waals surface area contributed by atoms with E-state index >= 15 is 0 Å². The van der Waals surface area contributed by atoms with E-state index in [1.807, 2.05) is 24.3 Å². The second-order valence-corrected chi connectivity index (χ2v) is 6.11. The quantitative estimate of drug-likeness (QED) is 0.883. The van der Waals surface area contributed by atoms with Crippen molar-refractivity contribution >= 4 is 22.9 Å². The Labute approximate surface area is 133 Å². The van der Waals surface area contributed by atoms with E-state index in [-0.39, 0.29) is 5.56 Å². The first kappa shape index (κ1) is 14.5. The number of hydrogen-bond donors (Lipinski definition) is 1. The second kappa shape index (κ2) is 6.12. The van der Waals surface area contributed by atoms with E-state index in [0.717, 1.165) is 34.7 Å². The van der Waals surface area contributed by atoms with Crippen LogP contribution in [0.5, 0.6) is 0 Å². The number of aromatic nitrogens is 1. The predicted molar refractivity (Wildman–Crippen MR) is 90.1 cm³/mol. The van der Waals surface area contributed by atoms with Gasteiger partial charge in [-0.05, 0) is 30.5 Å². The van der Waals surface area contributed by atoms with Crippen molar-refractivity contribution in [2.75, 3.05) is 0 Å². The van der Waals surface area contributed by atoms with Gasteiger partial charge in [0.1, 0.15) is 5.01 Å². The van der Waals surface area contributed by atoms with Gasteiger partial charge in [0, 0.05) is 10.4 Å². The molecule has 0 fully saturated rings. The number of rotatable bonds is 2. The number of allylic oxidation sites excluding steroid dienone is 5. The van der Waals surface area contributed by atoms with E-state index in [0.29, 0.717) is 0 Å². The standard InChI is InChI=1S/C18H15NO2S/c1-12-7-4-2-3-5-10-15-16(12)19-17(22-15)13-8-6-9-14(11-13)18(20)21/h2-4,6-9,11H,1,5,10H2,(H,20,21)/b3-2-,7-4-. The minimum Gasteiger partial charge on any atom is -0.478 e. The van der Waals surface area contributed by atoms with Gasteiger partial charge in [0.25, 0.3) is 0 Å². The van der Waals surface area contributed by atoms with Crippen LogP contribution in [-0.4, -0.2) is 16.1 Å². The Morgan fingerprint density at radius 2 is 2.18 bits per heavy atom. The van der Waals surface area contributed by atoms with Crippen molar-refractivity contribution in [1.82, 2.24) is 4.98 Å². The van der Waals surface area contributed by atoms with Crippen LogP contribution in [0.1, 0.15) is 27.3 Å². The molecule has 0 aliphatic heterocycles. The zero-order valence-corrected chi connectivity index (χ0v) is 12.8. The lowest BCUT2D eigenvalue weighted by Crippen LogP contribution is -1.95. The molecule has 1 aromatic heterocycles. The van der Waals surface area contributed by atoms with Crippen LogP contribution in [0.4, 0.5) is 0 Å². The summed E-state index contributed by atoms with van der Waals surface area (Å²) in [5, 5.41) is 9.96. The van der Waals surface area contributed by atoms with E-state index in [9.17, 15) is 4.79 Å². The smallest absolute Gasteiger partial charge is 0.335 e. The zero-order valence-electron chi connectivity index (χ0n) is 12.0. The molecule has 4 heteroatoms. The van der Waals surface area contributed by atoms with Gasteiger partial charge in [0.15, 0.2) is 0 Å². The van der Waals surface area contributed by atoms with E-state index in [4.69, 9.17) is 10.1 Å². The lowest BCUT2D eigenvalue weighted by molar-refractivity contribution is 0.0697. The molecule has 1 aliphatic rings. The monoisotopic (exact) mass is 309 g/mol. The third-order valence-corrected chi connectivity index (χ3v) is 4.60. The van der Waals surface area contributed by atoms with Crippen molar-refractivity contribution in [2.45, 2.75) is 12.8 Å². The Hall–Kier alpha value is -2.46. The summed E-state index contributed by atoms with van der Waals surface area (Å²) in [6.45, 7) is 4.08. The zero-order chi connectivity index (χ0) is 15.5. The Morgan fingerprint density at radius 3 is 3.00 bits per heavy atom. The average Bonchev–Trinajstić information content (AvgIpc) is 2.96. The Balaban J connectivity index is 2.04. The first-order valence-corrected chi connectivity index (χ1v) is 7.83. The van der Waals surface area contributed by atoms with Gasteiger partial charge in [-0.2, -0.15) is 0 Å². The summed E-state index contributed by atoms with van der Waals surface area (Å²) >= 11 is 1.61. The summed E-state index contributed by atoms with van der Waals surface area (Å²) < 4.78 is 0. The number of carboxylic acid groups (broad SMARTS) is 1. The molecule has 22 heavy (non-hydrogen) atoms. The van der Waals surface area contributed by atoms with Crippen molar-refractivity contribution in [3.05, 3.63) is 71.3 Å². The lowest BCUT2D eigenvalue weighted by atomic mass is 10.1. The topological polar surface area (TPSA) is 50.2 Å². The number of carboxylic acids is 1. The molecule has 0 saturated carbocycles. The summed E-state index contributed by atoms with van der Waals surface area (Å²) in [6, 6.07) is 6.90. The Morgan fingerprint density at radius 1 is 1.32 bits per heavy atom. The fourth-order valence-corrected chi connectivity index (χ4v) is 3.43. The maximum absolute atomic E-state index is 11.1. The van der Waals surface area contributed by atoms with Crippen LogP contribution < -0.4 is 0 Å². The molecule has 3 rings (SSSR count). The number of thiazole rings is 1. The number of aromatic carboxylic acids is 1. The highest BCUT2D eigenvalue weighted by Crippen LogP contribution is 2.33. The molecule has 0 atom stereocenters. The summed E-state index contributed by atoms with van der Waals surface area (Å²) in [6.07, 6.45) is 9.96.